The van der Waals surface area contributed by atoms with Crippen LogP contribution < -0.4 is 4.74 Å². The van der Waals surface area contributed by atoms with Gasteiger partial charge in [0, 0.05) is 43.6 Å². The predicted molar refractivity (Wildman–Crippen MR) is 126 cm³/mol. The summed E-state index contributed by atoms with van der Waals surface area (Å²) in [6.07, 6.45) is 0.294. The number of likely N-dealkylation sites (tertiary alicyclic amines) is 2. The van der Waals surface area contributed by atoms with Crippen LogP contribution in [-0.2, 0) is 11.0 Å². The molecule has 0 aromatic heterocycles. The van der Waals surface area contributed by atoms with E-state index in [-0.39, 0.29) is 17.4 Å². The summed E-state index contributed by atoms with van der Waals surface area (Å²) in [4.78, 5) is 29.7. The summed E-state index contributed by atoms with van der Waals surface area (Å²) in [5.41, 5.74) is -0.946. The molecule has 2 heterocycles. The van der Waals surface area contributed by atoms with Crippen molar-refractivity contribution in [3.05, 3.63) is 65.7 Å². The summed E-state index contributed by atoms with van der Waals surface area (Å²) in [5, 5.41) is 0. The number of halogens is 3. The molecule has 0 aliphatic carbocycles. The van der Waals surface area contributed by atoms with Gasteiger partial charge in [-0.15, -0.1) is 0 Å². The molecule has 2 aliphatic heterocycles. The van der Waals surface area contributed by atoms with Crippen LogP contribution in [0.5, 0.6) is 5.75 Å². The van der Waals surface area contributed by atoms with E-state index >= 15 is 0 Å². The van der Waals surface area contributed by atoms with E-state index in [0.29, 0.717) is 39.0 Å². The maximum absolute atomic E-state index is 13.1. The van der Waals surface area contributed by atoms with Crippen molar-refractivity contribution in [1.82, 2.24) is 9.80 Å². The maximum Gasteiger partial charge on any atom is 0.416 e. The van der Waals surface area contributed by atoms with Gasteiger partial charge in [0.1, 0.15) is 5.75 Å². The van der Waals surface area contributed by atoms with E-state index in [1.165, 1.54) is 12.1 Å². The summed E-state index contributed by atoms with van der Waals surface area (Å²) < 4.78 is 44.7. The van der Waals surface area contributed by atoms with Gasteiger partial charge in [0.05, 0.1) is 12.2 Å². The van der Waals surface area contributed by atoms with E-state index in [9.17, 15) is 22.8 Å². The zero-order valence-corrected chi connectivity index (χ0v) is 19.7. The quantitative estimate of drug-likeness (QED) is 0.547. The number of carbonyl (C=O) groups is 2. The Balaban J connectivity index is 1.43. The molecule has 2 fully saturated rings. The number of ether oxygens (including phenoxy) is 1. The van der Waals surface area contributed by atoms with Crippen LogP contribution in [0.25, 0.3) is 0 Å². The van der Waals surface area contributed by atoms with Gasteiger partial charge in [0.15, 0.2) is 0 Å². The minimum Gasteiger partial charge on any atom is -0.493 e. The van der Waals surface area contributed by atoms with Crippen molar-refractivity contribution >= 4 is 11.8 Å². The Hall–Kier alpha value is -3.03. The number of amides is 2. The first-order valence-corrected chi connectivity index (χ1v) is 12.2. The average Bonchev–Trinajstić information content (AvgIpc) is 2.88. The highest BCUT2D eigenvalue weighted by Crippen LogP contribution is 2.37. The van der Waals surface area contributed by atoms with Gasteiger partial charge < -0.3 is 14.5 Å². The van der Waals surface area contributed by atoms with Crippen molar-refractivity contribution in [3.8, 4) is 5.75 Å². The Morgan fingerprint density at radius 2 is 1.46 bits per heavy atom. The minimum atomic E-state index is -4.44. The summed E-state index contributed by atoms with van der Waals surface area (Å²) >= 11 is 0. The van der Waals surface area contributed by atoms with E-state index < -0.39 is 17.2 Å². The molecule has 4 rings (SSSR count). The lowest BCUT2D eigenvalue weighted by Crippen LogP contribution is -2.48. The summed E-state index contributed by atoms with van der Waals surface area (Å²) in [5.74, 6) is 0.572. The Kier molecular flexibility index (Phi) is 7.67. The second kappa shape index (κ2) is 10.7. The van der Waals surface area contributed by atoms with Gasteiger partial charge in [-0.05, 0) is 68.5 Å². The fourth-order valence-corrected chi connectivity index (χ4v) is 4.87. The number of benzene rings is 2. The van der Waals surface area contributed by atoms with Crippen LogP contribution in [0, 0.1) is 5.41 Å². The largest absolute Gasteiger partial charge is 0.493 e. The van der Waals surface area contributed by atoms with Crippen LogP contribution in [0.1, 0.15) is 54.4 Å². The number of nitrogens with zero attached hydrogens (tertiary/aromatic N) is 2. The Labute approximate surface area is 203 Å². The topological polar surface area (TPSA) is 49.9 Å². The molecule has 0 bridgehead atoms. The first kappa shape index (κ1) is 25.1. The van der Waals surface area contributed by atoms with E-state index in [2.05, 4.69) is 0 Å². The van der Waals surface area contributed by atoms with E-state index in [0.717, 1.165) is 50.2 Å². The summed E-state index contributed by atoms with van der Waals surface area (Å²) in [6, 6.07) is 13.8. The molecule has 8 heteroatoms. The first-order valence-electron chi connectivity index (χ1n) is 12.2. The smallest absolute Gasteiger partial charge is 0.416 e. The first-order chi connectivity index (χ1) is 16.8. The van der Waals surface area contributed by atoms with Crippen LogP contribution in [0.15, 0.2) is 54.6 Å². The highest BCUT2D eigenvalue weighted by Gasteiger charge is 2.40. The Morgan fingerprint density at radius 1 is 0.829 bits per heavy atom. The number of hydrogen-bond acceptors (Lipinski definition) is 3. The second-order valence-electron chi connectivity index (χ2n) is 9.59. The summed E-state index contributed by atoms with van der Waals surface area (Å²) in [6.45, 7) is 2.79. The number of rotatable bonds is 6. The van der Waals surface area contributed by atoms with Crippen molar-refractivity contribution in [2.45, 2.75) is 44.7 Å². The minimum absolute atomic E-state index is 0.129. The summed E-state index contributed by atoms with van der Waals surface area (Å²) in [7, 11) is 0. The van der Waals surface area contributed by atoms with Crippen molar-refractivity contribution < 1.29 is 27.5 Å². The Bertz CT molecular complexity index is 995. The lowest BCUT2D eigenvalue weighted by atomic mass is 9.75. The molecule has 0 saturated carbocycles. The molecular formula is C27H31F3N2O3. The third kappa shape index (κ3) is 6.35. The van der Waals surface area contributed by atoms with Gasteiger partial charge in [0.2, 0.25) is 5.91 Å². The molecular weight excluding hydrogens is 457 g/mol. The zero-order chi connectivity index (χ0) is 24.9. The van der Waals surface area contributed by atoms with Gasteiger partial charge in [0.25, 0.3) is 5.91 Å². The number of piperidine rings is 2. The molecule has 0 radical (unpaired) electrons. The molecule has 35 heavy (non-hydrogen) atoms. The van der Waals surface area contributed by atoms with E-state index in [1.807, 2.05) is 35.2 Å². The SMILES string of the molecule is O=C(CC1(COc2ccccc2)CCN(C(=O)c2ccc(C(F)(F)F)cc2)CC1)N1CCCCC1. The molecule has 0 atom stereocenters. The van der Waals surface area contributed by atoms with Crippen LogP contribution >= 0.6 is 0 Å². The van der Waals surface area contributed by atoms with Crippen molar-refractivity contribution in [1.29, 1.82) is 0 Å². The van der Waals surface area contributed by atoms with Gasteiger partial charge in [-0.3, -0.25) is 9.59 Å². The number of hydrogen-bond donors (Lipinski definition) is 0. The third-order valence-electron chi connectivity index (χ3n) is 7.09. The molecule has 0 N–H and O–H groups in total. The average molecular weight is 489 g/mol. The van der Waals surface area contributed by atoms with Crippen LogP contribution in [-0.4, -0.2) is 54.4 Å². The highest BCUT2D eigenvalue weighted by atomic mass is 19.4. The van der Waals surface area contributed by atoms with Gasteiger partial charge >= 0.3 is 6.18 Å². The molecule has 188 valence electrons. The monoisotopic (exact) mass is 488 g/mol. The van der Waals surface area contributed by atoms with Crippen molar-refractivity contribution in [3.63, 3.8) is 0 Å². The third-order valence-corrected chi connectivity index (χ3v) is 7.09. The molecule has 0 unspecified atom stereocenters. The standard InChI is InChI=1S/C27H31F3N2O3/c28-27(29,30)22-11-9-21(10-12-22)25(34)32-17-13-26(14-18-32,20-35-23-7-3-1-4-8-23)19-24(33)31-15-5-2-6-16-31/h1,3-4,7-12H,2,5-6,13-20H2. The van der Waals surface area contributed by atoms with E-state index in [4.69, 9.17) is 4.74 Å². The van der Waals surface area contributed by atoms with E-state index in [1.54, 1.807) is 4.90 Å². The molecule has 0 spiro atoms. The normalized spacial score (nSPS) is 18.3. The lowest BCUT2D eigenvalue weighted by Gasteiger charge is -2.42. The predicted octanol–water partition coefficient (Wildman–Crippen LogP) is 5.41. The maximum atomic E-state index is 13.1. The number of para-hydroxylation sites is 1. The second-order valence-corrected chi connectivity index (χ2v) is 9.59. The van der Waals surface area contributed by atoms with Gasteiger partial charge in [-0.2, -0.15) is 13.2 Å². The fraction of sp³-hybridized carbons (Fsp3) is 0.481. The Morgan fingerprint density at radius 3 is 2.06 bits per heavy atom. The lowest BCUT2D eigenvalue weighted by molar-refractivity contribution is -0.138. The number of alkyl halides is 3. The zero-order valence-electron chi connectivity index (χ0n) is 19.7. The number of carbonyl (C=O) groups excluding carboxylic acids is 2. The van der Waals surface area contributed by atoms with Crippen molar-refractivity contribution in [2.24, 2.45) is 5.41 Å². The molecule has 5 nitrogen and oxygen atoms in total. The fourth-order valence-electron chi connectivity index (χ4n) is 4.87. The van der Waals surface area contributed by atoms with Gasteiger partial charge in [-0.1, -0.05) is 18.2 Å². The van der Waals surface area contributed by atoms with Crippen LogP contribution in [0.3, 0.4) is 0 Å². The van der Waals surface area contributed by atoms with Crippen molar-refractivity contribution in [2.75, 3.05) is 32.8 Å². The van der Waals surface area contributed by atoms with Crippen LogP contribution in [0.2, 0.25) is 0 Å². The molecule has 2 aromatic carbocycles. The van der Waals surface area contributed by atoms with Crippen LogP contribution in [0.4, 0.5) is 13.2 Å². The molecule has 2 aliphatic rings. The molecule has 2 aromatic rings. The van der Waals surface area contributed by atoms with Gasteiger partial charge in [-0.25, -0.2) is 0 Å². The molecule has 2 amide bonds. The molecule has 2 saturated heterocycles. The highest BCUT2D eigenvalue weighted by molar-refractivity contribution is 5.94.